The van der Waals surface area contributed by atoms with Gasteiger partial charge < -0.3 is 15.1 Å². The van der Waals surface area contributed by atoms with Gasteiger partial charge in [0.25, 0.3) is 0 Å². The summed E-state index contributed by atoms with van der Waals surface area (Å²) in [5.41, 5.74) is 1.08. The van der Waals surface area contributed by atoms with E-state index in [9.17, 15) is 9.59 Å². The van der Waals surface area contributed by atoms with Gasteiger partial charge in [-0.15, -0.1) is 12.4 Å². The number of rotatable bonds is 6. The molecule has 2 amide bonds. The monoisotopic (exact) mass is 339 g/mol. The third-order valence-electron chi connectivity index (χ3n) is 4.23. The second-order valence-electron chi connectivity index (χ2n) is 5.83. The van der Waals surface area contributed by atoms with Gasteiger partial charge in [-0.25, -0.2) is 0 Å². The maximum atomic E-state index is 12.3. The Morgan fingerprint density at radius 3 is 2.52 bits per heavy atom. The van der Waals surface area contributed by atoms with Crippen molar-refractivity contribution in [1.29, 1.82) is 0 Å². The van der Waals surface area contributed by atoms with Gasteiger partial charge in [-0.2, -0.15) is 0 Å². The van der Waals surface area contributed by atoms with Crippen molar-refractivity contribution in [2.45, 2.75) is 32.4 Å². The lowest BCUT2D eigenvalue weighted by Crippen LogP contribution is -2.40. The number of nitrogens with zero attached hydrogens (tertiary/aromatic N) is 2. The zero-order valence-electron chi connectivity index (χ0n) is 13.8. The molecule has 128 valence electrons. The SMILES string of the molecule is CC(=O)N(CCC(=O)N(C)C1CCNC1)Cc1ccccc1.Cl. The van der Waals surface area contributed by atoms with Crippen molar-refractivity contribution >= 4 is 24.2 Å². The number of amides is 2. The molecule has 0 bridgehead atoms. The highest BCUT2D eigenvalue weighted by molar-refractivity contribution is 5.85. The first-order chi connectivity index (χ1) is 10.6. The zero-order chi connectivity index (χ0) is 15.9. The van der Waals surface area contributed by atoms with Crippen LogP contribution in [0.5, 0.6) is 0 Å². The quantitative estimate of drug-likeness (QED) is 0.857. The molecule has 1 aliphatic heterocycles. The lowest BCUT2D eigenvalue weighted by molar-refractivity contribution is -0.134. The van der Waals surface area contributed by atoms with Gasteiger partial charge in [0.1, 0.15) is 0 Å². The van der Waals surface area contributed by atoms with Crippen LogP contribution in [-0.2, 0) is 16.1 Å². The molecule has 1 atom stereocenters. The molecule has 1 aromatic rings. The second-order valence-corrected chi connectivity index (χ2v) is 5.83. The largest absolute Gasteiger partial charge is 0.341 e. The average molecular weight is 340 g/mol. The molecule has 0 radical (unpaired) electrons. The molecule has 1 heterocycles. The first-order valence-corrected chi connectivity index (χ1v) is 7.83. The number of carbonyl (C=O) groups is 2. The standard InChI is InChI=1S/C17H25N3O2.ClH/c1-14(21)20(13-15-6-4-3-5-7-15)11-9-17(22)19(2)16-8-10-18-12-16;/h3-7,16,18H,8-13H2,1-2H3;1H. The Balaban J connectivity index is 0.00000264. The van der Waals surface area contributed by atoms with Crippen molar-refractivity contribution in [3.63, 3.8) is 0 Å². The summed E-state index contributed by atoms with van der Waals surface area (Å²) in [5.74, 6) is 0.106. The van der Waals surface area contributed by atoms with E-state index in [4.69, 9.17) is 0 Å². The van der Waals surface area contributed by atoms with Gasteiger partial charge >= 0.3 is 0 Å². The van der Waals surface area contributed by atoms with Crippen LogP contribution < -0.4 is 5.32 Å². The van der Waals surface area contributed by atoms with Crippen LogP contribution in [0.25, 0.3) is 0 Å². The minimum atomic E-state index is 0. The maximum absolute atomic E-state index is 12.3. The fourth-order valence-electron chi connectivity index (χ4n) is 2.73. The number of nitrogens with one attached hydrogen (secondary N) is 1. The minimum Gasteiger partial charge on any atom is -0.341 e. The molecule has 1 aromatic carbocycles. The second kappa shape index (κ2) is 9.53. The fourth-order valence-corrected chi connectivity index (χ4v) is 2.73. The zero-order valence-corrected chi connectivity index (χ0v) is 14.6. The summed E-state index contributed by atoms with van der Waals surface area (Å²) in [7, 11) is 1.86. The van der Waals surface area contributed by atoms with E-state index >= 15 is 0 Å². The lowest BCUT2D eigenvalue weighted by Gasteiger charge is -2.26. The predicted octanol–water partition coefficient (Wildman–Crippen LogP) is 1.67. The van der Waals surface area contributed by atoms with Crippen LogP contribution >= 0.6 is 12.4 Å². The van der Waals surface area contributed by atoms with Crippen molar-refractivity contribution in [3.8, 4) is 0 Å². The molecule has 2 rings (SSSR count). The molecular formula is C17H26ClN3O2. The minimum absolute atomic E-state index is 0. The highest BCUT2D eigenvalue weighted by atomic mass is 35.5. The number of likely N-dealkylation sites (N-methyl/N-ethyl adjacent to an activating group) is 1. The number of carbonyl (C=O) groups excluding carboxylic acids is 2. The summed E-state index contributed by atoms with van der Waals surface area (Å²) in [5, 5.41) is 3.27. The van der Waals surface area contributed by atoms with Gasteiger partial charge in [0.05, 0.1) is 0 Å². The Morgan fingerprint density at radius 1 is 1.26 bits per heavy atom. The van der Waals surface area contributed by atoms with Gasteiger partial charge in [0, 0.05) is 46.1 Å². The molecule has 6 heteroatoms. The summed E-state index contributed by atoms with van der Waals surface area (Å²) >= 11 is 0. The number of hydrogen-bond donors (Lipinski definition) is 1. The first-order valence-electron chi connectivity index (χ1n) is 7.83. The van der Waals surface area contributed by atoms with Crippen LogP contribution in [0, 0.1) is 0 Å². The van der Waals surface area contributed by atoms with Gasteiger partial charge in [0.2, 0.25) is 11.8 Å². The molecule has 23 heavy (non-hydrogen) atoms. The van der Waals surface area contributed by atoms with Crippen LogP contribution in [-0.4, -0.2) is 54.3 Å². The number of hydrogen-bond acceptors (Lipinski definition) is 3. The molecular weight excluding hydrogens is 314 g/mol. The Labute approximate surface area is 144 Å². The van der Waals surface area contributed by atoms with Gasteiger partial charge in [0.15, 0.2) is 0 Å². The summed E-state index contributed by atoms with van der Waals surface area (Å²) in [4.78, 5) is 27.6. The molecule has 1 aliphatic rings. The van der Waals surface area contributed by atoms with E-state index < -0.39 is 0 Å². The Bertz CT molecular complexity index is 504. The topological polar surface area (TPSA) is 52.7 Å². The first kappa shape index (κ1) is 19.5. The number of halogens is 1. The van der Waals surface area contributed by atoms with Crippen molar-refractivity contribution in [2.75, 3.05) is 26.7 Å². The normalized spacial score (nSPS) is 16.5. The smallest absolute Gasteiger partial charge is 0.224 e. The van der Waals surface area contributed by atoms with Crippen LogP contribution in [0.3, 0.4) is 0 Å². The molecule has 1 N–H and O–H groups in total. The van der Waals surface area contributed by atoms with E-state index in [1.54, 1.807) is 11.8 Å². The molecule has 0 spiro atoms. The van der Waals surface area contributed by atoms with Crippen LogP contribution in [0.4, 0.5) is 0 Å². The Morgan fingerprint density at radius 2 is 1.96 bits per heavy atom. The average Bonchev–Trinajstić information content (AvgIpc) is 3.05. The van der Waals surface area contributed by atoms with Crippen LogP contribution in [0.15, 0.2) is 30.3 Å². The highest BCUT2D eigenvalue weighted by Gasteiger charge is 2.23. The molecule has 0 saturated carbocycles. The van der Waals surface area contributed by atoms with Crippen LogP contribution in [0.2, 0.25) is 0 Å². The van der Waals surface area contributed by atoms with E-state index in [0.29, 0.717) is 19.5 Å². The van der Waals surface area contributed by atoms with Crippen LogP contribution in [0.1, 0.15) is 25.3 Å². The number of benzene rings is 1. The van der Waals surface area contributed by atoms with Gasteiger partial charge in [-0.3, -0.25) is 9.59 Å². The summed E-state index contributed by atoms with van der Waals surface area (Å²) in [6.07, 6.45) is 1.38. The molecule has 1 unspecified atom stereocenters. The van der Waals surface area contributed by atoms with Gasteiger partial charge in [-0.05, 0) is 18.5 Å². The van der Waals surface area contributed by atoms with E-state index in [2.05, 4.69) is 5.32 Å². The Kier molecular flexibility index (Phi) is 8.06. The van der Waals surface area contributed by atoms with Crippen molar-refractivity contribution in [3.05, 3.63) is 35.9 Å². The van der Waals surface area contributed by atoms with Crippen molar-refractivity contribution < 1.29 is 9.59 Å². The summed E-state index contributed by atoms with van der Waals surface area (Å²) in [6.45, 7) is 4.41. The van der Waals surface area contributed by atoms with Crippen molar-refractivity contribution in [2.24, 2.45) is 0 Å². The summed E-state index contributed by atoms with van der Waals surface area (Å²) < 4.78 is 0. The molecule has 0 aromatic heterocycles. The molecule has 0 aliphatic carbocycles. The van der Waals surface area contributed by atoms with E-state index in [1.807, 2.05) is 42.3 Å². The maximum Gasteiger partial charge on any atom is 0.224 e. The predicted molar refractivity (Wildman–Crippen MR) is 93.4 cm³/mol. The van der Waals surface area contributed by atoms with E-state index in [0.717, 1.165) is 25.1 Å². The summed E-state index contributed by atoms with van der Waals surface area (Å²) in [6, 6.07) is 10.1. The van der Waals surface area contributed by atoms with E-state index in [1.165, 1.54) is 0 Å². The molecule has 5 nitrogen and oxygen atoms in total. The van der Waals surface area contributed by atoms with E-state index in [-0.39, 0.29) is 30.3 Å². The van der Waals surface area contributed by atoms with Crippen molar-refractivity contribution in [1.82, 2.24) is 15.1 Å². The molecule has 1 saturated heterocycles. The lowest BCUT2D eigenvalue weighted by atomic mass is 10.2. The third kappa shape index (κ3) is 5.84. The Hall–Kier alpha value is -1.59. The van der Waals surface area contributed by atoms with Gasteiger partial charge in [-0.1, -0.05) is 30.3 Å². The third-order valence-corrected chi connectivity index (χ3v) is 4.23. The fraction of sp³-hybridized carbons (Fsp3) is 0.529. The molecule has 1 fully saturated rings. The highest BCUT2D eigenvalue weighted by Crippen LogP contribution is 2.10.